The maximum absolute atomic E-state index is 5.96. The first kappa shape index (κ1) is 9.47. The summed E-state index contributed by atoms with van der Waals surface area (Å²) in [5.41, 5.74) is 5.91. The molecule has 0 bridgehead atoms. The molecule has 0 aromatic rings. The van der Waals surface area contributed by atoms with E-state index >= 15 is 0 Å². The standard InChI is InChI=1S/C11H22N2/c1-11(2,12)7-13-10(8-3-4-8)9-5-6-9/h8-10,13H,3-7,12H2,1-2H3. The molecule has 2 heteroatoms. The van der Waals surface area contributed by atoms with Crippen molar-refractivity contribution in [1.29, 1.82) is 0 Å². The van der Waals surface area contributed by atoms with Crippen LogP contribution in [-0.4, -0.2) is 18.1 Å². The zero-order chi connectivity index (χ0) is 9.47. The van der Waals surface area contributed by atoms with Gasteiger partial charge in [0.15, 0.2) is 0 Å². The Hall–Kier alpha value is -0.0800. The zero-order valence-electron chi connectivity index (χ0n) is 8.84. The summed E-state index contributed by atoms with van der Waals surface area (Å²) in [7, 11) is 0. The normalized spacial score (nSPS) is 24.0. The second-order valence-corrected chi connectivity index (χ2v) is 5.57. The quantitative estimate of drug-likeness (QED) is 0.676. The molecular formula is C11H22N2. The van der Waals surface area contributed by atoms with Crippen molar-refractivity contribution in [1.82, 2.24) is 5.32 Å². The Labute approximate surface area is 81.3 Å². The van der Waals surface area contributed by atoms with E-state index in [2.05, 4.69) is 19.2 Å². The topological polar surface area (TPSA) is 38.0 Å². The molecule has 2 saturated carbocycles. The summed E-state index contributed by atoms with van der Waals surface area (Å²) in [6, 6.07) is 0.794. The fourth-order valence-electron chi connectivity index (χ4n) is 2.01. The number of rotatable bonds is 5. The fraction of sp³-hybridized carbons (Fsp3) is 1.00. The van der Waals surface area contributed by atoms with Crippen molar-refractivity contribution < 1.29 is 0 Å². The minimum absolute atomic E-state index is 0.0535. The van der Waals surface area contributed by atoms with Gasteiger partial charge in [-0.2, -0.15) is 0 Å². The molecule has 0 atom stereocenters. The van der Waals surface area contributed by atoms with Gasteiger partial charge in [0.1, 0.15) is 0 Å². The highest BCUT2D eigenvalue weighted by atomic mass is 15.0. The molecule has 0 aromatic carbocycles. The summed E-state index contributed by atoms with van der Waals surface area (Å²) in [5, 5.41) is 3.66. The third-order valence-electron chi connectivity index (χ3n) is 3.05. The maximum atomic E-state index is 5.96. The molecule has 2 fully saturated rings. The summed E-state index contributed by atoms with van der Waals surface area (Å²) in [5.74, 6) is 1.96. The molecule has 0 aliphatic heterocycles. The van der Waals surface area contributed by atoms with Crippen molar-refractivity contribution in [2.24, 2.45) is 17.6 Å². The molecule has 0 radical (unpaired) electrons. The number of nitrogens with one attached hydrogen (secondary N) is 1. The van der Waals surface area contributed by atoms with E-state index in [1.807, 2.05) is 0 Å². The summed E-state index contributed by atoms with van der Waals surface area (Å²) in [6.45, 7) is 5.15. The van der Waals surface area contributed by atoms with Crippen LogP contribution >= 0.6 is 0 Å². The lowest BCUT2D eigenvalue weighted by atomic mass is 10.0. The second kappa shape index (κ2) is 3.25. The smallest absolute Gasteiger partial charge is 0.0223 e. The molecule has 2 nitrogen and oxygen atoms in total. The predicted octanol–water partition coefficient (Wildman–Crippen LogP) is 1.50. The van der Waals surface area contributed by atoms with Crippen molar-refractivity contribution >= 4 is 0 Å². The first-order valence-electron chi connectivity index (χ1n) is 5.58. The molecule has 2 aliphatic rings. The molecule has 2 aliphatic carbocycles. The van der Waals surface area contributed by atoms with Crippen LogP contribution in [0.5, 0.6) is 0 Å². The molecule has 2 rings (SSSR count). The van der Waals surface area contributed by atoms with Gasteiger partial charge in [-0.3, -0.25) is 0 Å². The first-order valence-corrected chi connectivity index (χ1v) is 5.58. The van der Waals surface area contributed by atoms with Crippen molar-refractivity contribution in [3.05, 3.63) is 0 Å². The molecule has 3 N–H and O–H groups in total. The Morgan fingerprint density at radius 3 is 2.00 bits per heavy atom. The van der Waals surface area contributed by atoms with Gasteiger partial charge in [-0.25, -0.2) is 0 Å². The van der Waals surface area contributed by atoms with Gasteiger partial charge in [0, 0.05) is 18.1 Å². The Balaban J connectivity index is 1.76. The van der Waals surface area contributed by atoms with Crippen LogP contribution in [0.2, 0.25) is 0 Å². The summed E-state index contributed by atoms with van der Waals surface area (Å²) in [4.78, 5) is 0. The van der Waals surface area contributed by atoms with Crippen LogP contribution in [0.4, 0.5) is 0 Å². The predicted molar refractivity (Wildman–Crippen MR) is 55.5 cm³/mol. The highest BCUT2D eigenvalue weighted by molar-refractivity contribution is 4.97. The molecule has 13 heavy (non-hydrogen) atoms. The van der Waals surface area contributed by atoms with Gasteiger partial charge >= 0.3 is 0 Å². The number of nitrogens with two attached hydrogens (primary N) is 1. The molecule has 0 heterocycles. The third-order valence-corrected chi connectivity index (χ3v) is 3.05. The lowest BCUT2D eigenvalue weighted by molar-refractivity contribution is 0.365. The van der Waals surface area contributed by atoms with Crippen LogP contribution in [0.1, 0.15) is 39.5 Å². The highest BCUT2D eigenvalue weighted by Gasteiger charge is 2.41. The minimum Gasteiger partial charge on any atom is -0.324 e. The van der Waals surface area contributed by atoms with E-state index < -0.39 is 0 Å². The summed E-state index contributed by atoms with van der Waals surface area (Å²) in [6.07, 6.45) is 5.77. The molecule has 0 saturated heterocycles. The van der Waals surface area contributed by atoms with Crippen LogP contribution in [0.25, 0.3) is 0 Å². The summed E-state index contributed by atoms with van der Waals surface area (Å²) >= 11 is 0. The van der Waals surface area contributed by atoms with Crippen molar-refractivity contribution in [3.63, 3.8) is 0 Å². The van der Waals surface area contributed by atoms with Crippen LogP contribution in [0.3, 0.4) is 0 Å². The van der Waals surface area contributed by atoms with Crippen LogP contribution < -0.4 is 11.1 Å². The van der Waals surface area contributed by atoms with Gasteiger partial charge in [0.2, 0.25) is 0 Å². The average Bonchev–Trinajstić information content (AvgIpc) is 2.80. The third kappa shape index (κ3) is 2.96. The van der Waals surface area contributed by atoms with E-state index in [0.717, 1.165) is 24.4 Å². The van der Waals surface area contributed by atoms with E-state index in [1.54, 1.807) is 0 Å². The zero-order valence-corrected chi connectivity index (χ0v) is 8.84. The first-order chi connectivity index (χ1) is 6.06. The van der Waals surface area contributed by atoms with Gasteiger partial charge < -0.3 is 11.1 Å². The Morgan fingerprint density at radius 1 is 1.23 bits per heavy atom. The van der Waals surface area contributed by atoms with Crippen LogP contribution in [-0.2, 0) is 0 Å². The molecule has 0 aromatic heterocycles. The molecule has 0 amide bonds. The van der Waals surface area contributed by atoms with Crippen LogP contribution in [0, 0.1) is 11.8 Å². The maximum Gasteiger partial charge on any atom is 0.0223 e. The lowest BCUT2D eigenvalue weighted by Gasteiger charge is -2.24. The highest BCUT2D eigenvalue weighted by Crippen LogP contribution is 2.44. The minimum atomic E-state index is -0.0535. The van der Waals surface area contributed by atoms with E-state index in [4.69, 9.17) is 5.73 Å². The monoisotopic (exact) mass is 182 g/mol. The van der Waals surface area contributed by atoms with Gasteiger partial charge in [-0.15, -0.1) is 0 Å². The van der Waals surface area contributed by atoms with Gasteiger partial charge in [0.25, 0.3) is 0 Å². The number of hydrogen-bond donors (Lipinski definition) is 2. The second-order valence-electron chi connectivity index (χ2n) is 5.57. The molecular weight excluding hydrogens is 160 g/mol. The summed E-state index contributed by atoms with van der Waals surface area (Å²) < 4.78 is 0. The van der Waals surface area contributed by atoms with Gasteiger partial charge in [0.05, 0.1) is 0 Å². The van der Waals surface area contributed by atoms with E-state index in [9.17, 15) is 0 Å². The van der Waals surface area contributed by atoms with E-state index in [1.165, 1.54) is 25.7 Å². The lowest BCUT2D eigenvalue weighted by Crippen LogP contribution is -2.47. The molecule has 0 unspecified atom stereocenters. The van der Waals surface area contributed by atoms with E-state index in [-0.39, 0.29) is 5.54 Å². The Kier molecular flexibility index (Phi) is 2.37. The van der Waals surface area contributed by atoms with E-state index in [0.29, 0.717) is 0 Å². The van der Waals surface area contributed by atoms with Gasteiger partial charge in [-0.05, 0) is 51.4 Å². The van der Waals surface area contributed by atoms with Crippen molar-refractivity contribution in [2.45, 2.75) is 51.1 Å². The SMILES string of the molecule is CC(C)(N)CNC(C1CC1)C1CC1. The van der Waals surface area contributed by atoms with Gasteiger partial charge in [-0.1, -0.05) is 0 Å². The Bertz CT molecular complexity index is 163. The number of hydrogen-bond acceptors (Lipinski definition) is 2. The van der Waals surface area contributed by atoms with Crippen molar-refractivity contribution in [2.75, 3.05) is 6.54 Å². The fourth-order valence-corrected chi connectivity index (χ4v) is 2.01. The largest absolute Gasteiger partial charge is 0.324 e. The van der Waals surface area contributed by atoms with Crippen LogP contribution in [0.15, 0.2) is 0 Å². The Morgan fingerprint density at radius 2 is 1.69 bits per heavy atom. The van der Waals surface area contributed by atoms with Crippen molar-refractivity contribution in [3.8, 4) is 0 Å². The molecule has 0 spiro atoms. The average molecular weight is 182 g/mol. The molecule has 76 valence electrons.